The third-order valence-corrected chi connectivity index (χ3v) is 7.33. The standard InChI is InChI=1S/C28H35N3O5/c1-27(2,3)36-26(33)30-13-10-21(17-30)35-23-15-19(29)14-22-24(23)31(25(32)28(22)11-5-12-28)16-18-6-8-20(34-4)9-7-18/h6-9,14-15,21H,5,10-13,16-17,29H2,1-4H3. The molecule has 8 heteroatoms. The second-order valence-corrected chi connectivity index (χ2v) is 11.0. The van der Waals surface area contributed by atoms with E-state index in [1.54, 1.807) is 18.1 Å². The van der Waals surface area contributed by atoms with Gasteiger partial charge in [-0.3, -0.25) is 4.79 Å². The molecule has 3 aliphatic rings. The summed E-state index contributed by atoms with van der Waals surface area (Å²) < 4.78 is 17.3. The van der Waals surface area contributed by atoms with E-state index in [1.165, 1.54) is 0 Å². The number of carbonyl (C=O) groups is 2. The fourth-order valence-electron chi connectivity index (χ4n) is 5.41. The van der Waals surface area contributed by atoms with Crippen LogP contribution in [0.2, 0.25) is 0 Å². The van der Waals surface area contributed by atoms with E-state index in [1.807, 2.05) is 56.0 Å². The molecule has 1 spiro atoms. The Morgan fingerprint density at radius 3 is 2.50 bits per heavy atom. The highest BCUT2D eigenvalue weighted by molar-refractivity contribution is 6.10. The molecule has 1 aliphatic carbocycles. The van der Waals surface area contributed by atoms with Crippen LogP contribution in [0.1, 0.15) is 57.6 Å². The molecule has 0 aromatic heterocycles. The molecule has 2 amide bonds. The molecule has 2 N–H and O–H groups in total. The van der Waals surface area contributed by atoms with Crippen LogP contribution in [0.15, 0.2) is 36.4 Å². The molecule has 192 valence electrons. The van der Waals surface area contributed by atoms with Crippen LogP contribution in [0, 0.1) is 0 Å². The largest absolute Gasteiger partial charge is 0.497 e. The molecule has 0 bridgehead atoms. The van der Waals surface area contributed by atoms with Crippen molar-refractivity contribution in [2.75, 3.05) is 30.8 Å². The van der Waals surface area contributed by atoms with Gasteiger partial charge in [0.25, 0.3) is 0 Å². The maximum Gasteiger partial charge on any atom is 0.410 e. The molecule has 36 heavy (non-hydrogen) atoms. The number of likely N-dealkylation sites (tertiary alicyclic amines) is 1. The van der Waals surface area contributed by atoms with Crippen LogP contribution >= 0.6 is 0 Å². The zero-order chi connectivity index (χ0) is 25.7. The van der Waals surface area contributed by atoms with Gasteiger partial charge in [-0.1, -0.05) is 18.6 Å². The van der Waals surface area contributed by atoms with Crippen LogP contribution in [0.25, 0.3) is 0 Å². The molecule has 1 atom stereocenters. The quantitative estimate of drug-likeness (QED) is 0.610. The van der Waals surface area contributed by atoms with Crippen molar-refractivity contribution in [1.82, 2.24) is 4.90 Å². The Hall–Kier alpha value is -3.42. The van der Waals surface area contributed by atoms with Gasteiger partial charge in [0.1, 0.15) is 23.2 Å². The average molecular weight is 494 g/mol. The molecule has 2 heterocycles. The number of carbonyl (C=O) groups excluding carboxylic acids is 2. The third-order valence-electron chi connectivity index (χ3n) is 7.33. The van der Waals surface area contributed by atoms with Gasteiger partial charge >= 0.3 is 6.09 Å². The maximum absolute atomic E-state index is 13.8. The summed E-state index contributed by atoms with van der Waals surface area (Å²) in [5, 5.41) is 0. The predicted octanol–water partition coefficient (Wildman–Crippen LogP) is 4.63. The lowest BCUT2D eigenvalue weighted by Crippen LogP contribution is -2.44. The number of ether oxygens (including phenoxy) is 3. The van der Waals surface area contributed by atoms with Crippen molar-refractivity contribution >= 4 is 23.4 Å². The zero-order valence-corrected chi connectivity index (χ0v) is 21.5. The van der Waals surface area contributed by atoms with Crippen molar-refractivity contribution in [3.8, 4) is 11.5 Å². The number of fused-ring (bicyclic) bond motifs is 2. The highest BCUT2D eigenvalue weighted by Gasteiger charge is 2.55. The van der Waals surface area contributed by atoms with Gasteiger partial charge in [0.2, 0.25) is 5.91 Å². The fourth-order valence-corrected chi connectivity index (χ4v) is 5.41. The number of nitrogen functional groups attached to an aromatic ring is 1. The van der Waals surface area contributed by atoms with Gasteiger partial charge in [-0.25, -0.2) is 4.79 Å². The van der Waals surface area contributed by atoms with E-state index < -0.39 is 11.0 Å². The van der Waals surface area contributed by atoms with Crippen LogP contribution in [-0.4, -0.2) is 48.8 Å². The molecule has 2 fully saturated rings. The first-order valence-electron chi connectivity index (χ1n) is 12.6. The topological polar surface area (TPSA) is 94.3 Å². The first-order valence-corrected chi connectivity index (χ1v) is 12.6. The molecule has 8 nitrogen and oxygen atoms in total. The first-order chi connectivity index (χ1) is 17.1. The highest BCUT2D eigenvalue weighted by Crippen LogP contribution is 2.57. The number of hydrogen-bond acceptors (Lipinski definition) is 6. The van der Waals surface area contributed by atoms with E-state index in [9.17, 15) is 9.59 Å². The summed E-state index contributed by atoms with van der Waals surface area (Å²) in [4.78, 5) is 29.9. The highest BCUT2D eigenvalue weighted by atomic mass is 16.6. The minimum absolute atomic E-state index is 0.108. The van der Waals surface area contributed by atoms with Gasteiger partial charge in [0, 0.05) is 24.7 Å². The molecule has 0 radical (unpaired) electrons. The minimum atomic E-state index is -0.551. The van der Waals surface area contributed by atoms with Crippen LogP contribution < -0.4 is 20.1 Å². The van der Waals surface area contributed by atoms with Crippen LogP contribution in [-0.2, 0) is 21.5 Å². The van der Waals surface area contributed by atoms with Gasteiger partial charge in [0.05, 0.1) is 31.3 Å². The van der Waals surface area contributed by atoms with E-state index in [0.717, 1.165) is 41.8 Å². The lowest BCUT2D eigenvalue weighted by Gasteiger charge is -2.37. The van der Waals surface area contributed by atoms with E-state index >= 15 is 0 Å². The second kappa shape index (κ2) is 8.91. The Morgan fingerprint density at radius 2 is 1.89 bits per heavy atom. The van der Waals surface area contributed by atoms with E-state index in [-0.39, 0.29) is 18.1 Å². The maximum atomic E-state index is 13.8. The number of nitrogens with two attached hydrogens (primary N) is 1. The van der Waals surface area contributed by atoms with E-state index in [2.05, 4.69) is 0 Å². The Bertz CT molecular complexity index is 1170. The summed E-state index contributed by atoms with van der Waals surface area (Å²) in [6.07, 6.45) is 2.78. The molecule has 1 unspecified atom stereocenters. The Balaban J connectivity index is 1.42. The Kier molecular flexibility index (Phi) is 6.01. The van der Waals surface area contributed by atoms with Crippen molar-refractivity contribution in [3.05, 3.63) is 47.5 Å². The number of nitrogens with zero attached hydrogens (tertiary/aromatic N) is 2. The van der Waals surface area contributed by atoms with Crippen LogP contribution in [0.3, 0.4) is 0 Å². The van der Waals surface area contributed by atoms with Crippen molar-refractivity contribution < 1.29 is 23.8 Å². The summed E-state index contributed by atoms with van der Waals surface area (Å²) in [6.45, 7) is 6.99. The summed E-state index contributed by atoms with van der Waals surface area (Å²) in [5.74, 6) is 1.48. The smallest absolute Gasteiger partial charge is 0.410 e. The molecule has 2 aromatic carbocycles. The van der Waals surface area contributed by atoms with Crippen LogP contribution in [0.5, 0.6) is 11.5 Å². The summed E-state index contributed by atoms with van der Waals surface area (Å²) in [7, 11) is 1.64. The lowest BCUT2D eigenvalue weighted by molar-refractivity contribution is -0.126. The molecular weight excluding hydrogens is 458 g/mol. The monoisotopic (exact) mass is 493 g/mol. The fraction of sp³-hybridized carbons (Fsp3) is 0.500. The molecular formula is C28H35N3O5. The molecule has 1 saturated carbocycles. The van der Waals surface area contributed by atoms with Crippen molar-refractivity contribution in [1.29, 1.82) is 0 Å². The van der Waals surface area contributed by atoms with Gasteiger partial charge in [-0.2, -0.15) is 0 Å². The number of anilines is 2. The average Bonchev–Trinajstić information content (AvgIpc) is 3.34. The van der Waals surface area contributed by atoms with Gasteiger partial charge in [0.15, 0.2) is 0 Å². The van der Waals surface area contributed by atoms with Crippen molar-refractivity contribution in [2.24, 2.45) is 0 Å². The third kappa shape index (κ3) is 4.33. The predicted molar refractivity (Wildman–Crippen MR) is 137 cm³/mol. The Labute approximate surface area is 212 Å². The molecule has 2 aliphatic heterocycles. The second-order valence-electron chi connectivity index (χ2n) is 11.0. The van der Waals surface area contributed by atoms with Crippen molar-refractivity contribution in [3.63, 3.8) is 0 Å². The summed E-state index contributed by atoms with van der Waals surface area (Å²) in [6, 6.07) is 11.5. The number of amides is 2. The summed E-state index contributed by atoms with van der Waals surface area (Å²) >= 11 is 0. The summed E-state index contributed by atoms with van der Waals surface area (Å²) in [5.41, 5.74) is 8.60. The Morgan fingerprint density at radius 1 is 1.17 bits per heavy atom. The normalized spacial score (nSPS) is 20.3. The van der Waals surface area contributed by atoms with Gasteiger partial charge in [-0.05, 0) is 62.9 Å². The van der Waals surface area contributed by atoms with Crippen molar-refractivity contribution in [2.45, 2.75) is 70.1 Å². The minimum Gasteiger partial charge on any atom is -0.497 e. The van der Waals surface area contributed by atoms with E-state index in [4.69, 9.17) is 19.9 Å². The SMILES string of the molecule is COc1ccc(CN2C(=O)C3(CCC3)c3cc(N)cc(OC4CCN(C(=O)OC(C)(C)C)C4)c32)cc1. The number of hydrogen-bond donors (Lipinski definition) is 1. The van der Waals surface area contributed by atoms with E-state index in [0.29, 0.717) is 37.5 Å². The van der Waals surface area contributed by atoms with Crippen LogP contribution in [0.4, 0.5) is 16.2 Å². The molecule has 1 saturated heterocycles. The number of methoxy groups -OCH3 is 1. The lowest BCUT2D eigenvalue weighted by atomic mass is 9.65. The first kappa shape index (κ1) is 24.3. The van der Waals surface area contributed by atoms with Gasteiger partial charge in [-0.15, -0.1) is 0 Å². The molecule has 5 rings (SSSR count). The number of rotatable bonds is 5. The number of benzene rings is 2. The van der Waals surface area contributed by atoms with Gasteiger partial charge < -0.3 is 29.7 Å². The molecule has 2 aromatic rings. The zero-order valence-electron chi connectivity index (χ0n) is 21.5.